The Labute approximate surface area is 144 Å². The molecule has 3 rings (SSSR count). The summed E-state index contributed by atoms with van der Waals surface area (Å²) in [6.45, 7) is 6.85. The van der Waals surface area contributed by atoms with Gasteiger partial charge in [-0.15, -0.1) is 0 Å². The molecule has 1 aromatic carbocycles. The highest BCUT2D eigenvalue weighted by Crippen LogP contribution is 2.17. The molecule has 5 nitrogen and oxygen atoms in total. The van der Waals surface area contributed by atoms with Crippen LogP contribution in [0.4, 0.5) is 0 Å². The van der Waals surface area contributed by atoms with Crippen molar-refractivity contribution in [2.45, 2.75) is 32.4 Å². The summed E-state index contributed by atoms with van der Waals surface area (Å²) in [6, 6.07) is 10.6. The van der Waals surface area contributed by atoms with E-state index < -0.39 is 0 Å². The van der Waals surface area contributed by atoms with Crippen LogP contribution < -0.4 is 4.74 Å². The maximum Gasteiger partial charge on any atom is 0.208 e. The molecule has 24 heavy (non-hydrogen) atoms. The first kappa shape index (κ1) is 17.0. The Bertz CT molecular complexity index is 614. The van der Waals surface area contributed by atoms with Gasteiger partial charge in [-0.1, -0.05) is 18.2 Å². The molecule has 1 saturated heterocycles. The van der Waals surface area contributed by atoms with Crippen molar-refractivity contribution in [3.8, 4) is 5.75 Å². The second-order valence-electron chi connectivity index (χ2n) is 6.54. The summed E-state index contributed by atoms with van der Waals surface area (Å²) in [5, 5.41) is 0. The highest BCUT2D eigenvalue weighted by Gasteiger charge is 2.26. The molecule has 0 amide bonds. The zero-order chi connectivity index (χ0) is 16.8. The Morgan fingerprint density at radius 2 is 2.17 bits per heavy atom. The van der Waals surface area contributed by atoms with Gasteiger partial charge in [-0.3, -0.25) is 4.90 Å². The molecule has 0 aliphatic carbocycles. The minimum Gasteiger partial charge on any atom is -0.494 e. The SMILES string of the molecule is Cc1cnc(CN(C)C2CCN(CCCOc3ccccc3)C2)o1. The van der Waals surface area contributed by atoms with Crippen molar-refractivity contribution in [1.29, 1.82) is 0 Å². The number of para-hydroxylation sites is 1. The van der Waals surface area contributed by atoms with E-state index in [2.05, 4.69) is 21.8 Å². The number of hydrogen-bond donors (Lipinski definition) is 0. The first-order valence-corrected chi connectivity index (χ1v) is 8.72. The Balaban J connectivity index is 1.34. The molecule has 0 bridgehead atoms. The maximum absolute atomic E-state index is 5.76. The molecule has 0 spiro atoms. The molecule has 1 aromatic heterocycles. The standard InChI is InChI=1S/C19H27N3O2/c1-16-13-20-19(24-16)15-21(2)17-9-11-22(14-17)10-6-12-23-18-7-4-3-5-8-18/h3-5,7-8,13,17H,6,9-12,14-15H2,1-2H3. The summed E-state index contributed by atoms with van der Waals surface area (Å²) in [4.78, 5) is 9.17. The minimum atomic E-state index is 0.576. The summed E-state index contributed by atoms with van der Waals surface area (Å²) in [7, 11) is 2.16. The Morgan fingerprint density at radius 1 is 1.33 bits per heavy atom. The van der Waals surface area contributed by atoms with Crippen molar-refractivity contribution in [3.63, 3.8) is 0 Å². The van der Waals surface area contributed by atoms with Gasteiger partial charge in [0, 0.05) is 19.1 Å². The van der Waals surface area contributed by atoms with Gasteiger partial charge in [-0.05, 0) is 45.5 Å². The van der Waals surface area contributed by atoms with Crippen molar-refractivity contribution in [2.24, 2.45) is 0 Å². The van der Waals surface area contributed by atoms with Gasteiger partial charge < -0.3 is 14.1 Å². The van der Waals surface area contributed by atoms with Crippen LogP contribution in [0.3, 0.4) is 0 Å². The maximum atomic E-state index is 5.76. The van der Waals surface area contributed by atoms with Gasteiger partial charge in [0.1, 0.15) is 11.5 Å². The lowest BCUT2D eigenvalue weighted by atomic mass is 10.2. The van der Waals surface area contributed by atoms with Crippen LogP contribution >= 0.6 is 0 Å². The van der Waals surface area contributed by atoms with Crippen LogP contribution in [0.2, 0.25) is 0 Å². The first-order chi connectivity index (χ1) is 11.7. The van der Waals surface area contributed by atoms with Gasteiger partial charge in [0.2, 0.25) is 5.89 Å². The fourth-order valence-electron chi connectivity index (χ4n) is 3.19. The van der Waals surface area contributed by atoms with Gasteiger partial charge in [0.05, 0.1) is 19.3 Å². The zero-order valence-electron chi connectivity index (χ0n) is 14.6. The molecule has 5 heteroatoms. The molecule has 0 radical (unpaired) electrons. The molecule has 1 unspecified atom stereocenters. The normalized spacial score (nSPS) is 18.4. The van der Waals surface area contributed by atoms with Crippen LogP contribution in [0.5, 0.6) is 5.75 Å². The lowest BCUT2D eigenvalue weighted by molar-refractivity contribution is 0.201. The molecule has 1 aliphatic rings. The van der Waals surface area contributed by atoms with Crippen molar-refractivity contribution in [2.75, 3.05) is 33.3 Å². The Hall–Kier alpha value is -1.85. The van der Waals surface area contributed by atoms with E-state index in [4.69, 9.17) is 9.15 Å². The molecule has 0 saturated carbocycles. The zero-order valence-corrected chi connectivity index (χ0v) is 14.6. The topological polar surface area (TPSA) is 41.7 Å². The average Bonchev–Trinajstić information content (AvgIpc) is 3.22. The second-order valence-corrected chi connectivity index (χ2v) is 6.54. The number of benzene rings is 1. The number of likely N-dealkylation sites (N-methyl/N-ethyl adjacent to an activating group) is 1. The quantitative estimate of drug-likeness (QED) is 0.697. The molecule has 0 N–H and O–H groups in total. The Morgan fingerprint density at radius 3 is 2.92 bits per heavy atom. The molecule has 2 heterocycles. The van der Waals surface area contributed by atoms with Crippen LogP contribution in [-0.4, -0.2) is 54.1 Å². The number of likely N-dealkylation sites (tertiary alicyclic amines) is 1. The smallest absolute Gasteiger partial charge is 0.208 e. The van der Waals surface area contributed by atoms with Crippen molar-refractivity contribution in [1.82, 2.24) is 14.8 Å². The third-order valence-corrected chi connectivity index (χ3v) is 4.56. The summed E-state index contributed by atoms with van der Waals surface area (Å²) in [5.41, 5.74) is 0. The van der Waals surface area contributed by atoms with Gasteiger partial charge in [-0.25, -0.2) is 4.98 Å². The summed E-state index contributed by atoms with van der Waals surface area (Å²) >= 11 is 0. The van der Waals surface area contributed by atoms with Crippen LogP contribution in [0.25, 0.3) is 0 Å². The number of aryl methyl sites for hydroxylation is 1. The summed E-state index contributed by atoms with van der Waals surface area (Å²) in [6.07, 6.45) is 4.05. The van der Waals surface area contributed by atoms with Crippen LogP contribution in [0, 0.1) is 6.92 Å². The number of rotatable bonds is 8. The fraction of sp³-hybridized carbons (Fsp3) is 0.526. The molecule has 1 atom stereocenters. The lowest BCUT2D eigenvalue weighted by Gasteiger charge is -2.23. The monoisotopic (exact) mass is 329 g/mol. The number of aromatic nitrogens is 1. The van der Waals surface area contributed by atoms with E-state index >= 15 is 0 Å². The molecule has 1 aliphatic heterocycles. The van der Waals surface area contributed by atoms with Crippen LogP contribution in [0.1, 0.15) is 24.5 Å². The number of hydrogen-bond acceptors (Lipinski definition) is 5. The Kier molecular flexibility index (Phi) is 5.88. The van der Waals surface area contributed by atoms with E-state index in [1.165, 1.54) is 6.42 Å². The second kappa shape index (κ2) is 8.31. The molecule has 130 valence electrons. The van der Waals surface area contributed by atoms with E-state index in [1.807, 2.05) is 37.3 Å². The third kappa shape index (κ3) is 4.82. The van der Waals surface area contributed by atoms with E-state index in [0.29, 0.717) is 6.04 Å². The highest BCUT2D eigenvalue weighted by atomic mass is 16.5. The summed E-state index contributed by atoms with van der Waals surface area (Å²) < 4.78 is 11.3. The highest BCUT2D eigenvalue weighted by molar-refractivity contribution is 5.20. The number of ether oxygens (including phenoxy) is 1. The van der Waals surface area contributed by atoms with E-state index in [0.717, 1.165) is 56.6 Å². The van der Waals surface area contributed by atoms with Crippen LogP contribution in [0.15, 0.2) is 40.9 Å². The van der Waals surface area contributed by atoms with Crippen LogP contribution in [-0.2, 0) is 6.54 Å². The van der Waals surface area contributed by atoms with Gasteiger partial charge >= 0.3 is 0 Å². The third-order valence-electron chi connectivity index (χ3n) is 4.56. The summed E-state index contributed by atoms with van der Waals surface area (Å²) in [5.74, 6) is 2.65. The fourth-order valence-corrected chi connectivity index (χ4v) is 3.19. The predicted octanol–water partition coefficient (Wildman–Crippen LogP) is 2.96. The van der Waals surface area contributed by atoms with Gasteiger partial charge in [0.25, 0.3) is 0 Å². The predicted molar refractivity (Wildman–Crippen MR) is 94.1 cm³/mol. The van der Waals surface area contributed by atoms with Gasteiger partial charge in [-0.2, -0.15) is 0 Å². The molecule has 2 aromatic rings. The van der Waals surface area contributed by atoms with E-state index in [9.17, 15) is 0 Å². The number of oxazole rings is 1. The van der Waals surface area contributed by atoms with Crippen molar-refractivity contribution in [3.05, 3.63) is 48.2 Å². The van der Waals surface area contributed by atoms with Crippen molar-refractivity contribution < 1.29 is 9.15 Å². The molecular weight excluding hydrogens is 302 g/mol. The minimum absolute atomic E-state index is 0.576. The van der Waals surface area contributed by atoms with E-state index in [-0.39, 0.29) is 0 Å². The molecule has 1 fully saturated rings. The van der Waals surface area contributed by atoms with Crippen molar-refractivity contribution >= 4 is 0 Å². The van der Waals surface area contributed by atoms with Gasteiger partial charge in [0.15, 0.2) is 0 Å². The first-order valence-electron chi connectivity index (χ1n) is 8.72. The molecular formula is C19H27N3O2. The lowest BCUT2D eigenvalue weighted by Crippen LogP contribution is -2.34. The number of nitrogens with zero attached hydrogens (tertiary/aromatic N) is 3. The van der Waals surface area contributed by atoms with E-state index in [1.54, 1.807) is 6.20 Å². The largest absolute Gasteiger partial charge is 0.494 e. The average molecular weight is 329 g/mol.